The molecule has 2 aromatic rings. The van der Waals surface area contributed by atoms with E-state index in [0.717, 1.165) is 36.3 Å². The molecule has 0 atom stereocenters. The summed E-state index contributed by atoms with van der Waals surface area (Å²) in [6, 6.07) is 10.7. The van der Waals surface area contributed by atoms with Gasteiger partial charge in [-0.15, -0.1) is 0 Å². The average molecular weight is 355 g/mol. The predicted octanol–water partition coefficient (Wildman–Crippen LogP) is 3.61. The van der Waals surface area contributed by atoms with Gasteiger partial charge >= 0.3 is 5.97 Å². The number of oxime groups is 1. The third-order valence-electron chi connectivity index (χ3n) is 4.35. The third-order valence-corrected chi connectivity index (χ3v) is 4.35. The van der Waals surface area contributed by atoms with Crippen LogP contribution in [0.25, 0.3) is 0 Å². The smallest absolute Gasteiger partial charge is 0.365 e. The van der Waals surface area contributed by atoms with E-state index < -0.39 is 5.97 Å². The molecule has 0 spiro atoms. The fraction of sp³-hybridized carbons (Fsp3) is 0.300. The van der Waals surface area contributed by atoms with E-state index in [4.69, 9.17) is 19.0 Å². The standard InChI is InChI=1S/C20H21NO5/c1-23-15-9-7-13-5-4-6-17(16(13)12-15)21-26-20(22)14-8-10-18(24-2)19(11-14)25-3/h7-12H,4-6H2,1-3H3/b21-17+. The number of rotatable bonds is 5. The molecule has 0 amide bonds. The molecule has 0 bridgehead atoms. The van der Waals surface area contributed by atoms with E-state index in [9.17, 15) is 4.79 Å². The molecule has 136 valence electrons. The SMILES string of the molecule is COc1ccc2c(c1)/C(=N/OC(=O)c1ccc(OC)c(OC)c1)CCC2. The number of aryl methyl sites for hydroxylation is 1. The van der Waals surface area contributed by atoms with Gasteiger partial charge in [0.05, 0.1) is 32.6 Å². The lowest BCUT2D eigenvalue weighted by Crippen LogP contribution is -2.14. The average Bonchev–Trinajstić information content (AvgIpc) is 2.70. The van der Waals surface area contributed by atoms with Gasteiger partial charge < -0.3 is 19.0 Å². The van der Waals surface area contributed by atoms with E-state index in [1.165, 1.54) is 19.8 Å². The summed E-state index contributed by atoms with van der Waals surface area (Å²) in [7, 11) is 4.68. The number of hydrogen-bond acceptors (Lipinski definition) is 6. The van der Waals surface area contributed by atoms with Gasteiger partial charge in [-0.25, -0.2) is 4.79 Å². The lowest BCUT2D eigenvalue weighted by atomic mass is 9.90. The molecule has 0 aromatic heterocycles. The third kappa shape index (κ3) is 3.64. The first-order valence-corrected chi connectivity index (χ1v) is 8.33. The van der Waals surface area contributed by atoms with E-state index in [0.29, 0.717) is 17.1 Å². The first-order valence-electron chi connectivity index (χ1n) is 8.33. The maximum absolute atomic E-state index is 12.3. The van der Waals surface area contributed by atoms with Gasteiger partial charge in [0.25, 0.3) is 0 Å². The molecule has 26 heavy (non-hydrogen) atoms. The molecule has 0 saturated heterocycles. The van der Waals surface area contributed by atoms with Gasteiger partial charge in [-0.05, 0) is 55.2 Å². The Hall–Kier alpha value is -3.02. The van der Waals surface area contributed by atoms with Gasteiger partial charge in [0, 0.05) is 5.56 Å². The molecule has 1 aliphatic rings. The zero-order valence-corrected chi connectivity index (χ0v) is 15.1. The molecular formula is C20H21NO5. The molecule has 6 heteroatoms. The number of carbonyl (C=O) groups excluding carboxylic acids is 1. The van der Waals surface area contributed by atoms with Crippen molar-refractivity contribution in [1.82, 2.24) is 0 Å². The van der Waals surface area contributed by atoms with Crippen molar-refractivity contribution in [2.75, 3.05) is 21.3 Å². The summed E-state index contributed by atoms with van der Waals surface area (Å²) in [6.07, 6.45) is 2.69. The minimum atomic E-state index is -0.548. The predicted molar refractivity (Wildman–Crippen MR) is 97.4 cm³/mol. The minimum absolute atomic E-state index is 0.341. The first kappa shape index (κ1) is 17.8. The van der Waals surface area contributed by atoms with Crippen molar-refractivity contribution in [2.24, 2.45) is 5.16 Å². The normalized spacial score (nSPS) is 14.5. The zero-order chi connectivity index (χ0) is 18.5. The van der Waals surface area contributed by atoms with Crippen molar-refractivity contribution >= 4 is 11.7 Å². The van der Waals surface area contributed by atoms with Crippen LogP contribution in [0.3, 0.4) is 0 Å². The van der Waals surface area contributed by atoms with Crippen molar-refractivity contribution in [3.05, 3.63) is 53.1 Å². The maximum Gasteiger partial charge on any atom is 0.365 e. The van der Waals surface area contributed by atoms with Crippen molar-refractivity contribution < 1.29 is 23.8 Å². The quantitative estimate of drug-likeness (QED) is 0.605. The molecule has 6 nitrogen and oxygen atoms in total. The highest BCUT2D eigenvalue weighted by molar-refractivity contribution is 6.03. The summed E-state index contributed by atoms with van der Waals surface area (Å²) in [5.41, 5.74) is 3.24. The van der Waals surface area contributed by atoms with Gasteiger partial charge in [0.1, 0.15) is 5.75 Å². The number of hydrogen-bond donors (Lipinski definition) is 0. The van der Waals surface area contributed by atoms with Crippen LogP contribution in [-0.2, 0) is 11.3 Å². The van der Waals surface area contributed by atoms with Crippen LogP contribution in [-0.4, -0.2) is 33.0 Å². The molecule has 0 N–H and O–H groups in total. The van der Waals surface area contributed by atoms with Crippen LogP contribution in [0.4, 0.5) is 0 Å². The highest BCUT2D eigenvalue weighted by Crippen LogP contribution is 2.28. The van der Waals surface area contributed by atoms with Crippen LogP contribution < -0.4 is 14.2 Å². The Kier molecular flexibility index (Phi) is 5.41. The Morgan fingerprint density at radius 2 is 1.73 bits per heavy atom. The number of benzene rings is 2. The highest BCUT2D eigenvalue weighted by atomic mass is 16.7. The molecule has 0 radical (unpaired) electrons. The minimum Gasteiger partial charge on any atom is -0.497 e. The fourth-order valence-corrected chi connectivity index (χ4v) is 2.96. The van der Waals surface area contributed by atoms with E-state index in [2.05, 4.69) is 5.16 Å². The molecule has 0 unspecified atom stereocenters. The van der Waals surface area contributed by atoms with Gasteiger partial charge in [0.15, 0.2) is 11.5 Å². The van der Waals surface area contributed by atoms with Crippen LogP contribution in [0.15, 0.2) is 41.6 Å². The lowest BCUT2D eigenvalue weighted by Gasteiger charge is -2.18. The Bertz CT molecular complexity index is 844. The maximum atomic E-state index is 12.3. The Labute approximate surface area is 152 Å². The Balaban J connectivity index is 1.81. The number of carbonyl (C=O) groups is 1. The van der Waals surface area contributed by atoms with Gasteiger partial charge in [-0.1, -0.05) is 11.2 Å². The second-order valence-corrected chi connectivity index (χ2v) is 5.86. The first-order chi connectivity index (χ1) is 12.7. The van der Waals surface area contributed by atoms with Crippen LogP contribution in [0, 0.1) is 0 Å². The molecule has 2 aromatic carbocycles. The topological polar surface area (TPSA) is 66.4 Å². The molecule has 0 aliphatic heterocycles. The van der Waals surface area contributed by atoms with Crippen molar-refractivity contribution in [1.29, 1.82) is 0 Å². The summed E-state index contributed by atoms with van der Waals surface area (Å²) in [6.45, 7) is 0. The molecule has 1 aliphatic carbocycles. The molecule has 3 rings (SSSR count). The summed E-state index contributed by atoms with van der Waals surface area (Å²) < 4.78 is 15.7. The second kappa shape index (κ2) is 7.91. The van der Waals surface area contributed by atoms with Gasteiger partial charge in [-0.2, -0.15) is 0 Å². The van der Waals surface area contributed by atoms with Gasteiger partial charge in [0.2, 0.25) is 0 Å². The molecule has 0 fully saturated rings. The van der Waals surface area contributed by atoms with Gasteiger partial charge in [-0.3, -0.25) is 0 Å². The molecule has 0 saturated carbocycles. The van der Waals surface area contributed by atoms with E-state index in [1.54, 1.807) is 25.3 Å². The largest absolute Gasteiger partial charge is 0.497 e. The number of ether oxygens (including phenoxy) is 3. The zero-order valence-electron chi connectivity index (χ0n) is 15.1. The summed E-state index contributed by atoms with van der Waals surface area (Å²) in [4.78, 5) is 17.5. The van der Waals surface area contributed by atoms with E-state index in [-0.39, 0.29) is 0 Å². The highest BCUT2D eigenvalue weighted by Gasteiger charge is 2.18. The number of fused-ring (bicyclic) bond motifs is 1. The van der Waals surface area contributed by atoms with Crippen molar-refractivity contribution in [3.63, 3.8) is 0 Å². The fourth-order valence-electron chi connectivity index (χ4n) is 2.96. The summed E-state index contributed by atoms with van der Waals surface area (Å²) >= 11 is 0. The summed E-state index contributed by atoms with van der Waals surface area (Å²) in [5, 5.41) is 4.11. The van der Waals surface area contributed by atoms with E-state index >= 15 is 0 Å². The lowest BCUT2D eigenvalue weighted by molar-refractivity contribution is 0.0515. The summed E-state index contributed by atoms with van der Waals surface area (Å²) in [5.74, 6) is 1.21. The molecule has 0 heterocycles. The van der Waals surface area contributed by atoms with Crippen molar-refractivity contribution in [2.45, 2.75) is 19.3 Å². The van der Waals surface area contributed by atoms with Crippen LogP contribution in [0.2, 0.25) is 0 Å². The number of methoxy groups -OCH3 is 3. The van der Waals surface area contributed by atoms with Crippen molar-refractivity contribution in [3.8, 4) is 17.2 Å². The Morgan fingerprint density at radius 3 is 2.46 bits per heavy atom. The second-order valence-electron chi connectivity index (χ2n) is 5.86. The van der Waals surface area contributed by atoms with Crippen LogP contribution >= 0.6 is 0 Å². The monoisotopic (exact) mass is 355 g/mol. The van der Waals surface area contributed by atoms with Crippen LogP contribution in [0.5, 0.6) is 17.2 Å². The van der Waals surface area contributed by atoms with Crippen LogP contribution in [0.1, 0.15) is 34.3 Å². The molecular weight excluding hydrogens is 334 g/mol. The number of nitrogens with zero attached hydrogens (tertiary/aromatic N) is 1. The Morgan fingerprint density at radius 1 is 0.923 bits per heavy atom. The van der Waals surface area contributed by atoms with E-state index in [1.807, 2.05) is 18.2 Å².